The first-order valence-electron chi connectivity index (χ1n) is 9.32. The molecule has 1 saturated carbocycles. The molecule has 0 aromatic heterocycles. The Labute approximate surface area is 149 Å². The Hall–Kier alpha value is -1.44. The molecule has 8 heteroatoms. The van der Waals surface area contributed by atoms with Crippen LogP contribution < -0.4 is 0 Å². The maximum absolute atomic E-state index is 13.0. The molecule has 1 atom stereocenters. The maximum Gasteiger partial charge on any atom is 0.270 e. The van der Waals surface area contributed by atoms with Crippen molar-refractivity contribution in [2.75, 3.05) is 18.1 Å². The van der Waals surface area contributed by atoms with Crippen molar-refractivity contribution in [2.45, 2.75) is 70.4 Å². The predicted octanol–water partition coefficient (Wildman–Crippen LogP) is 1.33. The number of amides is 2. The van der Waals surface area contributed by atoms with Crippen molar-refractivity contribution in [3.05, 3.63) is 0 Å². The van der Waals surface area contributed by atoms with Gasteiger partial charge in [-0.3, -0.25) is 9.59 Å². The fourth-order valence-corrected chi connectivity index (χ4v) is 5.80. The van der Waals surface area contributed by atoms with Crippen molar-refractivity contribution in [2.24, 2.45) is 5.10 Å². The minimum absolute atomic E-state index is 0.0518. The third-order valence-corrected chi connectivity index (χ3v) is 7.23. The van der Waals surface area contributed by atoms with E-state index in [0.717, 1.165) is 25.7 Å². The lowest BCUT2D eigenvalue weighted by Crippen LogP contribution is -2.48. The molecule has 0 radical (unpaired) electrons. The van der Waals surface area contributed by atoms with Crippen LogP contribution in [-0.2, 0) is 19.4 Å². The Balaban J connectivity index is 1.76. The van der Waals surface area contributed by atoms with E-state index < -0.39 is 15.9 Å². The van der Waals surface area contributed by atoms with E-state index in [-0.39, 0.29) is 35.8 Å². The minimum Gasteiger partial charge on any atom is -0.335 e. The van der Waals surface area contributed by atoms with Crippen molar-refractivity contribution in [3.63, 3.8) is 0 Å². The fourth-order valence-electron chi connectivity index (χ4n) is 4.11. The summed E-state index contributed by atoms with van der Waals surface area (Å²) in [7, 11) is -3.10. The van der Waals surface area contributed by atoms with Gasteiger partial charge in [0.1, 0.15) is 5.71 Å². The number of carbonyl (C=O) groups excluding carboxylic acids is 2. The number of carbonyl (C=O) groups is 2. The monoisotopic (exact) mass is 369 g/mol. The van der Waals surface area contributed by atoms with E-state index >= 15 is 0 Å². The largest absolute Gasteiger partial charge is 0.335 e. The highest BCUT2D eigenvalue weighted by molar-refractivity contribution is 7.91. The number of hydrazone groups is 1. The Morgan fingerprint density at radius 2 is 1.92 bits per heavy atom. The van der Waals surface area contributed by atoms with Gasteiger partial charge in [0.2, 0.25) is 5.91 Å². The number of hydrogen-bond donors (Lipinski definition) is 0. The highest BCUT2D eigenvalue weighted by Crippen LogP contribution is 2.25. The van der Waals surface area contributed by atoms with Gasteiger partial charge in [-0.1, -0.05) is 19.3 Å². The van der Waals surface area contributed by atoms with Crippen LogP contribution in [0.5, 0.6) is 0 Å². The molecule has 2 fully saturated rings. The van der Waals surface area contributed by atoms with Gasteiger partial charge in [0.25, 0.3) is 5.91 Å². The van der Waals surface area contributed by atoms with Crippen LogP contribution in [0.3, 0.4) is 0 Å². The topological polar surface area (TPSA) is 87.1 Å². The molecule has 7 nitrogen and oxygen atoms in total. The zero-order chi connectivity index (χ0) is 18.0. The molecule has 0 aromatic carbocycles. The standard InChI is InChI=1S/C17H27N3O4S/c1-2-19(13-6-4-3-5-7-13)17(22)15-8-9-16(21)20(18-15)14-10-11-25(23,24)12-14/h13-14H,2-12H2,1H3. The first kappa shape index (κ1) is 18.4. The third-order valence-electron chi connectivity index (χ3n) is 5.48. The van der Waals surface area contributed by atoms with E-state index in [2.05, 4.69) is 5.10 Å². The molecular weight excluding hydrogens is 342 g/mol. The highest BCUT2D eigenvalue weighted by atomic mass is 32.2. The van der Waals surface area contributed by atoms with Gasteiger partial charge < -0.3 is 4.90 Å². The van der Waals surface area contributed by atoms with Gasteiger partial charge in [-0.2, -0.15) is 5.10 Å². The first-order valence-corrected chi connectivity index (χ1v) is 11.1. The average molecular weight is 369 g/mol. The molecule has 2 heterocycles. The lowest BCUT2D eigenvalue weighted by atomic mass is 9.93. The summed E-state index contributed by atoms with van der Waals surface area (Å²) in [5, 5.41) is 5.59. The molecular formula is C17H27N3O4S. The molecule has 0 spiro atoms. The summed E-state index contributed by atoms with van der Waals surface area (Å²) in [5.74, 6) is -0.236. The Bertz CT molecular complexity index is 667. The second-order valence-electron chi connectivity index (χ2n) is 7.22. The van der Waals surface area contributed by atoms with E-state index in [1.165, 1.54) is 11.4 Å². The molecule has 2 amide bonds. The summed E-state index contributed by atoms with van der Waals surface area (Å²) in [5.41, 5.74) is 0.399. The Kier molecular flexibility index (Phi) is 5.46. The van der Waals surface area contributed by atoms with Crippen LogP contribution in [-0.4, -0.2) is 66.0 Å². The van der Waals surface area contributed by atoms with E-state index in [4.69, 9.17) is 0 Å². The van der Waals surface area contributed by atoms with E-state index in [0.29, 0.717) is 25.1 Å². The van der Waals surface area contributed by atoms with Crippen LogP contribution in [0.4, 0.5) is 0 Å². The third kappa shape index (κ3) is 4.04. The number of sulfone groups is 1. The molecule has 1 saturated heterocycles. The van der Waals surface area contributed by atoms with Crippen LogP contribution in [0.25, 0.3) is 0 Å². The van der Waals surface area contributed by atoms with Crippen LogP contribution in [0.15, 0.2) is 5.10 Å². The van der Waals surface area contributed by atoms with Crippen molar-refractivity contribution < 1.29 is 18.0 Å². The summed E-state index contributed by atoms with van der Waals surface area (Å²) in [4.78, 5) is 27.0. The molecule has 140 valence electrons. The van der Waals surface area contributed by atoms with Crippen LogP contribution in [0.2, 0.25) is 0 Å². The van der Waals surface area contributed by atoms with Crippen LogP contribution in [0, 0.1) is 0 Å². The molecule has 0 aromatic rings. The van der Waals surface area contributed by atoms with Gasteiger partial charge in [0.15, 0.2) is 9.84 Å². The van der Waals surface area contributed by atoms with Gasteiger partial charge in [-0.25, -0.2) is 13.4 Å². The van der Waals surface area contributed by atoms with Crippen LogP contribution >= 0.6 is 0 Å². The summed E-state index contributed by atoms with van der Waals surface area (Å²) in [6.07, 6.45) is 6.53. The summed E-state index contributed by atoms with van der Waals surface area (Å²) in [6.45, 7) is 2.61. The number of hydrogen-bond acceptors (Lipinski definition) is 5. The molecule has 0 bridgehead atoms. The summed E-state index contributed by atoms with van der Waals surface area (Å²) >= 11 is 0. The minimum atomic E-state index is -3.10. The highest BCUT2D eigenvalue weighted by Gasteiger charge is 2.38. The Morgan fingerprint density at radius 1 is 1.20 bits per heavy atom. The lowest BCUT2D eigenvalue weighted by molar-refractivity contribution is -0.134. The maximum atomic E-state index is 13.0. The normalized spacial score (nSPS) is 27.2. The van der Waals surface area contributed by atoms with E-state index in [1.54, 1.807) is 0 Å². The van der Waals surface area contributed by atoms with Crippen LogP contribution in [0.1, 0.15) is 58.3 Å². The van der Waals surface area contributed by atoms with E-state index in [1.807, 2.05) is 11.8 Å². The van der Waals surface area contributed by atoms with Gasteiger partial charge in [-0.15, -0.1) is 0 Å². The fraction of sp³-hybridized carbons (Fsp3) is 0.824. The molecule has 2 aliphatic heterocycles. The quantitative estimate of drug-likeness (QED) is 0.748. The van der Waals surface area contributed by atoms with Crippen molar-refractivity contribution in [1.82, 2.24) is 9.91 Å². The average Bonchev–Trinajstić information content (AvgIpc) is 2.96. The second-order valence-corrected chi connectivity index (χ2v) is 9.45. The molecule has 3 aliphatic rings. The predicted molar refractivity (Wildman–Crippen MR) is 94.8 cm³/mol. The van der Waals surface area contributed by atoms with Gasteiger partial charge >= 0.3 is 0 Å². The summed E-state index contributed by atoms with van der Waals surface area (Å²) in [6, 6.07) is -0.169. The van der Waals surface area contributed by atoms with Gasteiger partial charge in [-0.05, 0) is 26.2 Å². The molecule has 1 aliphatic carbocycles. The SMILES string of the molecule is CCN(C(=O)C1=NN(C2CCS(=O)(=O)C2)C(=O)CC1)C1CCCCC1. The zero-order valence-electron chi connectivity index (χ0n) is 14.8. The summed E-state index contributed by atoms with van der Waals surface area (Å²) < 4.78 is 23.4. The lowest BCUT2D eigenvalue weighted by Gasteiger charge is -2.35. The molecule has 25 heavy (non-hydrogen) atoms. The van der Waals surface area contributed by atoms with Gasteiger partial charge in [0, 0.05) is 25.4 Å². The van der Waals surface area contributed by atoms with Crippen molar-refractivity contribution in [1.29, 1.82) is 0 Å². The first-order chi connectivity index (χ1) is 11.9. The smallest absolute Gasteiger partial charge is 0.270 e. The second kappa shape index (κ2) is 7.43. The molecule has 1 unspecified atom stereocenters. The number of nitrogens with zero attached hydrogens (tertiary/aromatic N) is 3. The van der Waals surface area contributed by atoms with Crippen molar-refractivity contribution >= 4 is 27.4 Å². The Morgan fingerprint density at radius 3 is 2.52 bits per heavy atom. The number of rotatable bonds is 4. The van der Waals surface area contributed by atoms with Gasteiger partial charge in [0.05, 0.1) is 17.5 Å². The van der Waals surface area contributed by atoms with E-state index in [9.17, 15) is 18.0 Å². The zero-order valence-corrected chi connectivity index (χ0v) is 15.6. The van der Waals surface area contributed by atoms with Crippen molar-refractivity contribution in [3.8, 4) is 0 Å². The molecule has 3 rings (SSSR count). The molecule has 0 N–H and O–H groups in total.